The van der Waals surface area contributed by atoms with Crippen molar-refractivity contribution < 1.29 is 9.90 Å². The van der Waals surface area contributed by atoms with Gasteiger partial charge in [0, 0.05) is 6.42 Å². The summed E-state index contributed by atoms with van der Waals surface area (Å²) in [7, 11) is 0. The van der Waals surface area contributed by atoms with Crippen LogP contribution in [-0.2, 0) is 4.79 Å². The molecule has 0 aliphatic rings. The average Bonchev–Trinajstić information content (AvgIpc) is 2.83. The fourth-order valence-corrected chi connectivity index (χ4v) is 3.85. The third kappa shape index (κ3) is 30.2. The molecule has 0 aromatic heterocycles. The molecule has 194 valence electrons. The monoisotopic (exact) mass is 470 g/mol. The first-order valence-electron chi connectivity index (χ1n) is 14.2. The van der Waals surface area contributed by atoms with Crippen molar-refractivity contribution in [3.8, 4) is 0 Å². The molecule has 0 spiro atoms. The van der Waals surface area contributed by atoms with Crippen LogP contribution in [0.2, 0.25) is 0 Å². The minimum absolute atomic E-state index is 0.336. The van der Waals surface area contributed by atoms with Crippen molar-refractivity contribution in [3.05, 3.63) is 60.8 Å². The van der Waals surface area contributed by atoms with Gasteiger partial charge in [-0.3, -0.25) is 4.79 Å². The molecule has 0 aromatic carbocycles. The molecular formula is C32H54O2. The highest BCUT2D eigenvalue weighted by Crippen LogP contribution is 2.13. The lowest BCUT2D eigenvalue weighted by molar-refractivity contribution is -0.137. The first-order chi connectivity index (χ1) is 16.8. The third-order valence-corrected chi connectivity index (χ3v) is 5.92. The van der Waals surface area contributed by atoms with E-state index < -0.39 is 5.97 Å². The topological polar surface area (TPSA) is 37.3 Å². The normalized spacial score (nSPS) is 12.5. The highest BCUT2D eigenvalue weighted by Gasteiger charge is 1.97. The van der Waals surface area contributed by atoms with E-state index in [9.17, 15) is 4.79 Å². The van der Waals surface area contributed by atoms with Gasteiger partial charge in [0.2, 0.25) is 0 Å². The van der Waals surface area contributed by atoms with E-state index in [4.69, 9.17) is 5.11 Å². The lowest BCUT2D eigenvalue weighted by Crippen LogP contribution is -1.93. The Balaban J connectivity index is 3.27. The Morgan fingerprint density at radius 2 is 0.794 bits per heavy atom. The van der Waals surface area contributed by atoms with Crippen LogP contribution >= 0.6 is 0 Å². The quantitative estimate of drug-likeness (QED) is 0.106. The van der Waals surface area contributed by atoms with Crippen LogP contribution in [0.25, 0.3) is 0 Å². The Labute approximate surface area is 212 Å². The third-order valence-electron chi connectivity index (χ3n) is 5.92. The SMILES string of the molecule is CCC=CCC=CCC=CCC=CCC=CCCCCCCCCCCCCCCCC(=O)O. The predicted octanol–water partition coefficient (Wildman–Crippen LogP) is 10.7. The van der Waals surface area contributed by atoms with Gasteiger partial charge in [-0.05, 0) is 51.4 Å². The van der Waals surface area contributed by atoms with Crippen LogP contribution in [-0.4, -0.2) is 11.1 Å². The number of hydrogen-bond acceptors (Lipinski definition) is 1. The number of allylic oxidation sites excluding steroid dienone is 10. The lowest BCUT2D eigenvalue weighted by Gasteiger charge is -2.03. The average molecular weight is 471 g/mol. The second-order valence-corrected chi connectivity index (χ2v) is 9.24. The van der Waals surface area contributed by atoms with Gasteiger partial charge in [-0.25, -0.2) is 0 Å². The maximum Gasteiger partial charge on any atom is 0.303 e. The van der Waals surface area contributed by atoms with Gasteiger partial charge in [-0.15, -0.1) is 0 Å². The standard InChI is InChI=1S/C32H54O2/c1-2-3-4-5-6-7-8-9-10-11-12-13-14-15-16-17-18-19-20-21-22-23-24-25-26-27-28-29-30-31-32(33)34/h3-4,6-7,9-10,12-13,15-16H,2,5,8,11,14,17-31H2,1H3,(H,33,34). The van der Waals surface area contributed by atoms with Gasteiger partial charge >= 0.3 is 5.97 Å². The van der Waals surface area contributed by atoms with E-state index in [0.29, 0.717) is 6.42 Å². The van der Waals surface area contributed by atoms with Gasteiger partial charge in [-0.2, -0.15) is 0 Å². The fraction of sp³-hybridized carbons (Fsp3) is 0.656. The highest BCUT2D eigenvalue weighted by atomic mass is 16.4. The number of aliphatic carboxylic acids is 1. The fourth-order valence-electron chi connectivity index (χ4n) is 3.85. The van der Waals surface area contributed by atoms with Crippen LogP contribution in [0.5, 0.6) is 0 Å². The molecule has 0 saturated carbocycles. The number of carboxylic acids is 1. The van der Waals surface area contributed by atoms with Gasteiger partial charge in [0.15, 0.2) is 0 Å². The Hall–Kier alpha value is -1.83. The second kappa shape index (κ2) is 29.2. The van der Waals surface area contributed by atoms with Crippen LogP contribution in [0.1, 0.15) is 135 Å². The predicted molar refractivity (Wildman–Crippen MR) is 151 cm³/mol. The van der Waals surface area contributed by atoms with Gasteiger partial charge < -0.3 is 5.11 Å². The first-order valence-corrected chi connectivity index (χ1v) is 14.2. The van der Waals surface area contributed by atoms with E-state index >= 15 is 0 Å². The largest absolute Gasteiger partial charge is 0.481 e. The summed E-state index contributed by atoms with van der Waals surface area (Å²) in [6, 6.07) is 0. The minimum Gasteiger partial charge on any atom is -0.481 e. The Kier molecular flexibility index (Phi) is 27.6. The molecule has 0 bridgehead atoms. The van der Waals surface area contributed by atoms with Crippen LogP contribution in [0.3, 0.4) is 0 Å². The zero-order chi connectivity index (χ0) is 24.8. The van der Waals surface area contributed by atoms with Gasteiger partial charge in [-0.1, -0.05) is 138 Å². The minimum atomic E-state index is -0.658. The Morgan fingerprint density at radius 3 is 1.18 bits per heavy atom. The van der Waals surface area contributed by atoms with Crippen molar-refractivity contribution in [1.82, 2.24) is 0 Å². The van der Waals surface area contributed by atoms with Gasteiger partial charge in [0.05, 0.1) is 0 Å². The van der Waals surface area contributed by atoms with Gasteiger partial charge in [0.25, 0.3) is 0 Å². The van der Waals surface area contributed by atoms with Crippen molar-refractivity contribution in [1.29, 1.82) is 0 Å². The van der Waals surface area contributed by atoms with E-state index in [0.717, 1.165) is 44.9 Å². The second-order valence-electron chi connectivity index (χ2n) is 9.24. The smallest absolute Gasteiger partial charge is 0.303 e. The summed E-state index contributed by atoms with van der Waals surface area (Å²) >= 11 is 0. The first kappa shape index (κ1) is 32.2. The molecule has 0 saturated heterocycles. The van der Waals surface area contributed by atoms with E-state index in [1.165, 1.54) is 77.0 Å². The van der Waals surface area contributed by atoms with Crippen LogP contribution in [0.15, 0.2) is 60.8 Å². The molecule has 0 amide bonds. The molecule has 1 N–H and O–H groups in total. The Bertz CT molecular complexity index is 566. The maximum absolute atomic E-state index is 10.4. The molecule has 0 rings (SSSR count). The van der Waals surface area contributed by atoms with E-state index in [1.807, 2.05) is 0 Å². The number of rotatable bonds is 25. The molecule has 0 aliphatic carbocycles. The molecule has 34 heavy (non-hydrogen) atoms. The summed E-state index contributed by atoms with van der Waals surface area (Å²) in [4.78, 5) is 10.4. The zero-order valence-electron chi connectivity index (χ0n) is 22.3. The summed E-state index contributed by atoms with van der Waals surface area (Å²) < 4.78 is 0. The molecular weight excluding hydrogens is 416 g/mol. The molecule has 0 aromatic rings. The van der Waals surface area contributed by atoms with Crippen molar-refractivity contribution in [3.63, 3.8) is 0 Å². The highest BCUT2D eigenvalue weighted by molar-refractivity contribution is 5.66. The summed E-state index contributed by atoms with van der Waals surface area (Å²) in [5, 5.41) is 8.61. The number of carboxylic acid groups (broad SMARTS) is 1. The molecule has 0 atom stereocenters. The summed E-state index contributed by atoms with van der Waals surface area (Å²) in [6.45, 7) is 2.17. The summed E-state index contributed by atoms with van der Waals surface area (Å²) in [5.41, 5.74) is 0. The molecule has 0 aliphatic heterocycles. The summed E-state index contributed by atoms with van der Waals surface area (Å²) in [5.74, 6) is -0.658. The number of carbonyl (C=O) groups is 1. The molecule has 2 nitrogen and oxygen atoms in total. The Morgan fingerprint density at radius 1 is 0.471 bits per heavy atom. The van der Waals surface area contributed by atoms with Crippen molar-refractivity contribution in [2.24, 2.45) is 0 Å². The molecule has 0 fully saturated rings. The van der Waals surface area contributed by atoms with E-state index in [1.54, 1.807) is 0 Å². The molecule has 0 unspecified atom stereocenters. The number of unbranched alkanes of at least 4 members (excludes halogenated alkanes) is 13. The van der Waals surface area contributed by atoms with Gasteiger partial charge in [0.1, 0.15) is 0 Å². The summed E-state index contributed by atoms with van der Waals surface area (Å²) in [6.07, 6.45) is 46.1. The van der Waals surface area contributed by atoms with Crippen molar-refractivity contribution in [2.45, 2.75) is 135 Å². The van der Waals surface area contributed by atoms with Crippen molar-refractivity contribution >= 4 is 5.97 Å². The molecule has 0 radical (unpaired) electrons. The van der Waals surface area contributed by atoms with Crippen LogP contribution in [0, 0.1) is 0 Å². The van der Waals surface area contributed by atoms with Crippen molar-refractivity contribution in [2.75, 3.05) is 0 Å². The zero-order valence-corrected chi connectivity index (χ0v) is 22.3. The molecule has 2 heteroatoms. The van der Waals surface area contributed by atoms with Crippen LogP contribution in [0.4, 0.5) is 0 Å². The molecule has 0 heterocycles. The van der Waals surface area contributed by atoms with E-state index in [-0.39, 0.29) is 0 Å². The maximum atomic E-state index is 10.4. The number of hydrogen-bond donors (Lipinski definition) is 1. The van der Waals surface area contributed by atoms with E-state index in [2.05, 4.69) is 67.7 Å². The lowest BCUT2D eigenvalue weighted by atomic mass is 10.0. The van der Waals surface area contributed by atoms with Crippen LogP contribution < -0.4 is 0 Å².